The van der Waals surface area contributed by atoms with E-state index in [2.05, 4.69) is 86.7 Å². The first kappa shape index (κ1) is 21.2. The van der Waals surface area contributed by atoms with Crippen molar-refractivity contribution in [3.8, 4) is 11.1 Å². The fourth-order valence-corrected chi connectivity index (χ4v) is 6.91. The van der Waals surface area contributed by atoms with Crippen molar-refractivity contribution in [1.29, 1.82) is 0 Å². The highest BCUT2D eigenvalue weighted by molar-refractivity contribution is 7.26. The molecule has 2 aromatic heterocycles. The van der Waals surface area contributed by atoms with E-state index in [4.69, 9.17) is 0 Å². The highest BCUT2D eigenvalue weighted by atomic mass is 32.1. The molecule has 1 aliphatic rings. The molecular formula is C30H28S2. The predicted octanol–water partition coefficient (Wildman–Crippen LogP) is 10.3. The third kappa shape index (κ3) is 3.43. The Bertz CT molecular complexity index is 1500. The zero-order valence-corrected chi connectivity index (χ0v) is 20.8. The number of rotatable bonds is 2. The predicted molar refractivity (Wildman–Crippen MR) is 148 cm³/mol. The Balaban J connectivity index is 0.00000105. The van der Waals surface area contributed by atoms with Gasteiger partial charge in [-0.25, -0.2) is 0 Å². The molecule has 5 aromatic rings. The molecule has 0 amide bonds. The van der Waals surface area contributed by atoms with Crippen LogP contribution in [0.5, 0.6) is 0 Å². The number of allylic oxidation sites excluding steroid dienone is 3. The minimum absolute atomic E-state index is 1.17. The second kappa shape index (κ2) is 8.69. The highest BCUT2D eigenvalue weighted by Crippen LogP contribution is 2.45. The topological polar surface area (TPSA) is 0 Å². The quantitative estimate of drug-likeness (QED) is 0.250. The second-order valence-corrected chi connectivity index (χ2v) is 10.3. The van der Waals surface area contributed by atoms with Gasteiger partial charge in [0, 0.05) is 35.1 Å². The van der Waals surface area contributed by atoms with Crippen LogP contribution in [0.1, 0.15) is 50.1 Å². The molecule has 0 nitrogen and oxygen atoms in total. The van der Waals surface area contributed by atoms with Crippen LogP contribution in [0, 0.1) is 0 Å². The van der Waals surface area contributed by atoms with Crippen LogP contribution in [0.3, 0.4) is 0 Å². The van der Waals surface area contributed by atoms with E-state index in [-0.39, 0.29) is 0 Å². The van der Waals surface area contributed by atoms with Crippen molar-refractivity contribution in [2.45, 2.75) is 40.5 Å². The fraction of sp³-hybridized carbons (Fsp3) is 0.200. The summed E-state index contributed by atoms with van der Waals surface area (Å²) in [7, 11) is 0. The molecule has 0 unspecified atom stereocenters. The molecule has 0 saturated carbocycles. The van der Waals surface area contributed by atoms with E-state index < -0.39 is 0 Å². The van der Waals surface area contributed by atoms with Crippen molar-refractivity contribution in [2.75, 3.05) is 0 Å². The fourth-order valence-electron chi connectivity index (χ4n) is 4.60. The Hall–Kier alpha value is -2.68. The summed E-state index contributed by atoms with van der Waals surface area (Å²) in [5.74, 6) is 0. The largest absolute Gasteiger partial charge is 0.140 e. The van der Waals surface area contributed by atoms with Gasteiger partial charge in [0.25, 0.3) is 0 Å². The van der Waals surface area contributed by atoms with Crippen LogP contribution in [0.15, 0.2) is 66.7 Å². The maximum absolute atomic E-state index is 2.41. The van der Waals surface area contributed by atoms with Gasteiger partial charge in [-0.15, -0.1) is 22.7 Å². The average molecular weight is 453 g/mol. The summed E-state index contributed by atoms with van der Waals surface area (Å²) in [6.07, 6.45) is 9.21. The van der Waals surface area contributed by atoms with Gasteiger partial charge in [-0.05, 0) is 84.8 Å². The Morgan fingerprint density at radius 1 is 0.844 bits per heavy atom. The van der Waals surface area contributed by atoms with Crippen LogP contribution in [0.2, 0.25) is 0 Å². The van der Waals surface area contributed by atoms with Gasteiger partial charge in [0.2, 0.25) is 0 Å². The minimum Gasteiger partial charge on any atom is -0.140 e. The Morgan fingerprint density at radius 3 is 2.41 bits per heavy atom. The lowest BCUT2D eigenvalue weighted by Crippen LogP contribution is -1.87. The molecule has 6 rings (SSSR count). The van der Waals surface area contributed by atoms with Crippen molar-refractivity contribution >= 4 is 64.6 Å². The van der Waals surface area contributed by atoms with Crippen LogP contribution < -0.4 is 0 Å². The number of hydrogen-bond donors (Lipinski definition) is 0. The number of hydrogen-bond acceptors (Lipinski definition) is 2. The third-order valence-corrected chi connectivity index (χ3v) is 8.67. The first-order valence-corrected chi connectivity index (χ1v) is 13.2. The SMILES string of the molecule is C/C=C(\C)c1cccc(-c2ccc3sc4ccc5sc6c(c5c4c3c2)C=CCC6)c1.CC. The maximum atomic E-state index is 2.41. The number of aryl methyl sites for hydroxylation is 1. The number of fused-ring (bicyclic) bond motifs is 7. The summed E-state index contributed by atoms with van der Waals surface area (Å²) in [5, 5.41) is 4.30. The molecule has 0 aliphatic heterocycles. The van der Waals surface area contributed by atoms with E-state index in [9.17, 15) is 0 Å². The summed E-state index contributed by atoms with van der Waals surface area (Å²) in [4.78, 5) is 1.55. The molecule has 0 saturated heterocycles. The molecule has 0 spiro atoms. The number of thiophene rings is 2. The van der Waals surface area contributed by atoms with Gasteiger partial charge in [-0.2, -0.15) is 0 Å². The van der Waals surface area contributed by atoms with Gasteiger partial charge >= 0.3 is 0 Å². The molecule has 0 fully saturated rings. The molecule has 3 aromatic carbocycles. The zero-order valence-electron chi connectivity index (χ0n) is 19.2. The van der Waals surface area contributed by atoms with Gasteiger partial charge in [-0.1, -0.05) is 56.3 Å². The average Bonchev–Trinajstić information content (AvgIpc) is 3.42. The molecular weight excluding hydrogens is 424 g/mol. The Labute approximate surface area is 198 Å². The van der Waals surface area contributed by atoms with Gasteiger partial charge in [-0.3, -0.25) is 0 Å². The Kier molecular flexibility index (Phi) is 5.75. The van der Waals surface area contributed by atoms with Crippen molar-refractivity contribution in [2.24, 2.45) is 0 Å². The molecule has 0 bridgehead atoms. The standard InChI is InChI=1S/C28H22S2.C2H6/c1-3-17(2)18-7-6-8-19(15-18)20-11-12-24-22(16-20)28-26(30-24)14-13-25-27(28)21-9-4-5-10-23(21)29-25;1-2/h3-4,6-9,11-16H,5,10H2,1-2H3;1-2H3/b17-3+;. The smallest absolute Gasteiger partial charge is 0.0362 e. The molecule has 160 valence electrons. The molecule has 2 heteroatoms. The molecule has 32 heavy (non-hydrogen) atoms. The summed E-state index contributed by atoms with van der Waals surface area (Å²) >= 11 is 3.90. The van der Waals surface area contributed by atoms with Gasteiger partial charge < -0.3 is 0 Å². The lowest BCUT2D eigenvalue weighted by atomic mass is 9.96. The van der Waals surface area contributed by atoms with E-state index in [0.29, 0.717) is 0 Å². The van der Waals surface area contributed by atoms with E-state index >= 15 is 0 Å². The monoisotopic (exact) mass is 452 g/mol. The highest BCUT2D eigenvalue weighted by Gasteiger charge is 2.18. The van der Waals surface area contributed by atoms with E-state index in [1.165, 1.54) is 70.9 Å². The summed E-state index contributed by atoms with van der Waals surface area (Å²) in [6, 6.07) is 20.6. The first-order valence-electron chi connectivity index (χ1n) is 11.5. The van der Waals surface area contributed by atoms with Gasteiger partial charge in [0.1, 0.15) is 0 Å². The molecule has 0 radical (unpaired) electrons. The first-order chi connectivity index (χ1) is 15.7. The minimum atomic E-state index is 1.17. The van der Waals surface area contributed by atoms with Crippen LogP contribution in [0.25, 0.3) is 53.0 Å². The normalized spacial score (nSPS) is 13.4. The van der Waals surface area contributed by atoms with Crippen molar-refractivity contribution in [3.63, 3.8) is 0 Å². The molecule has 0 atom stereocenters. The lowest BCUT2D eigenvalue weighted by molar-refractivity contribution is 1.02. The van der Waals surface area contributed by atoms with Gasteiger partial charge in [0.15, 0.2) is 0 Å². The van der Waals surface area contributed by atoms with E-state index in [1.54, 1.807) is 4.88 Å². The van der Waals surface area contributed by atoms with Crippen LogP contribution >= 0.6 is 22.7 Å². The summed E-state index contributed by atoms with van der Waals surface area (Å²) in [6.45, 7) is 8.28. The van der Waals surface area contributed by atoms with Crippen LogP contribution in [-0.4, -0.2) is 0 Å². The van der Waals surface area contributed by atoms with Crippen molar-refractivity contribution < 1.29 is 0 Å². The van der Waals surface area contributed by atoms with Crippen LogP contribution in [0.4, 0.5) is 0 Å². The lowest BCUT2D eigenvalue weighted by Gasteiger charge is -2.07. The van der Waals surface area contributed by atoms with E-state index in [1.807, 2.05) is 36.5 Å². The summed E-state index contributed by atoms with van der Waals surface area (Å²) in [5.41, 5.74) is 6.66. The zero-order chi connectivity index (χ0) is 22.2. The van der Waals surface area contributed by atoms with Gasteiger partial charge in [0.05, 0.1) is 0 Å². The molecule has 1 aliphatic carbocycles. The van der Waals surface area contributed by atoms with E-state index in [0.717, 1.165) is 0 Å². The van der Waals surface area contributed by atoms with Crippen LogP contribution in [-0.2, 0) is 6.42 Å². The Morgan fingerprint density at radius 2 is 1.59 bits per heavy atom. The van der Waals surface area contributed by atoms with Crippen molar-refractivity contribution in [3.05, 3.63) is 82.8 Å². The summed E-state index contributed by atoms with van der Waals surface area (Å²) < 4.78 is 4.20. The maximum Gasteiger partial charge on any atom is 0.0362 e. The molecule has 2 heterocycles. The van der Waals surface area contributed by atoms with Crippen molar-refractivity contribution in [1.82, 2.24) is 0 Å². The number of benzene rings is 3. The second-order valence-electron chi connectivity index (χ2n) is 8.06. The third-order valence-electron chi connectivity index (χ3n) is 6.31. The molecule has 0 N–H and O–H groups in total.